The summed E-state index contributed by atoms with van der Waals surface area (Å²) >= 11 is 0. The van der Waals surface area contributed by atoms with E-state index in [2.05, 4.69) is 4.90 Å². The molecule has 0 spiro atoms. The molecule has 0 bridgehead atoms. The minimum atomic E-state index is 0.158. The van der Waals surface area contributed by atoms with Gasteiger partial charge in [0, 0.05) is 31.3 Å². The Balaban J connectivity index is 1.51. The third-order valence-corrected chi connectivity index (χ3v) is 5.93. The highest BCUT2D eigenvalue weighted by molar-refractivity contribution is 5.85. The maximum Gasteiger partial charge on any atom is 0.222 e. The summed E-state index contributed by atoms with van der Waals surface area (Å²) in [5.41, 5.74) is 0. The second kappa shape index (κ2) is 6.93. The quantitative estimate of drug-likeness (QED) is 0.792. The van der Waals surface area contributed by atoms with E-state index in [1.807, 2.05) is 0 Å². The summed E-state index contributed by atoms with van der Waals surface area (Å²) in [4.78, 5) is 26.6. The number of hydrogen-bond acceptors (Lipinski definition) is 2. The summed E-state index contributed by atoms with van der Waals surface area (Å²) in [5, 5.41) is 0. The summed E-state index contributed by atoms with van der Waals surface area (Å²) in [6.07, 6.45) is 13.4. The Labute approximate surface area is 128 Å². The molecular formula is C18H29NO2. The second-order valence-electron chi connectivity index (χ2n) is 7.30. The summed E-state index contributed by atoms with van der Waals surface area (Å²) in [6, 6.07) is 0.235. The lowest BCUT2D eigenvalue weighted by Crippen LogP contribution is -2.41. The SMILES string of the molecule is O=C1CCCC1C1CCCN1C(=O)CCC1CCCCC1. The Morgan fingerprint density at radius 2 is 1.81 bits per heavy atom. The average Bonchev–Trinajstić information content (AvgIpc) is 3.14. The first kappa shape index (κ1) is 15.1. The number of nitrogens with zero attached hydrogens (tertiary/aromatic N) is 1. The molecule has 0 aromatic rings. The van der Waals surface area contributed by atoms with Gasteiger partial charge in [-0.2, -0.15) is 0 Å². The van der Waals surface area contributed by atoms with Gasteiger partial charge in [-0.1, -0.05) is 32.1 Å². The molecule has 0 aromatic carbocycles. The summed E-state index contributed by atoms with van der Waals surface area (Å²) in [6.45, 7) is 0.887. The van der Waals surface area contributed by atoms with E-state index >= 15 is 0 Å². The van der Waals surface area contributed by atoms with Gasteiger partial charge in [0.1, 0.15) is 5.78 Å². The van der Waals surface area contributed by atoms with Gasteiger partial charge in [0.05, 0.1) is 0 Å². The molecule has 0 N–H and O–H groups in total. The third kappa shape index (κ3) is 3.49. The van der Waals surface area contributed by atoms with E-state index in [1.54, 1.807) is 0 Å². The average molecular weight is 291 g/mol. The number of carbonyl (C=O) groups is 2. The predicted molar refractivity (Wildman–Crippen MR) is 82.9 cm³/mol. The van der Waals surface area contributed by atoms with Crippen molar-refractivity contribution in [3.63, 3.8) is 0 Å². The molecule has 2 aliphatic carbocycles. The normalized spacial score (nSPS) is 31.0. The lowest BCUT2D eigenvalue weighted by Gasteiger charge is -2.29. The van der Waals surface area contributed by atoms with E-state index in [-0.39, 0.29) is 12.0 Å². The fourth-order valence-corrected chi connectivity index (χ4v) is 4.72. The van der Waals surface area contributed by atoms with Gasteiger partial charge in [-0.15, -0.1) is 0 Å². The van der Waals surface area contributed by atoms with E-state index in [0.717, 1.165) is 51.0 Å². The molecule has 3 rings (SSSR count). The van der Waals surface area contributed by atoms with Gasteiger partial charge >= 0.3 is 0 Å². The van der Waals surface area contributed by atoms with Crippen LogP contribution in [0.5, 0.6) is 0 Å². The molecule has 2 atom stereocenters. The van der Waals surface area contributed by atoms with Crippen LogP contribution < -0.4 is 0 Å². The highest BCUT2D eigenvalue weighted by atomic mass is 16.2. The van der Waals surface area contributed by atoms with Crippen molar-refractivity contribution in [1.29, 1.82) is 0 Å². The van der Waals surface area contributed by atoms with Crippen LogP contribution in [0.2, 0.25) is 0 Å². The first-order chi connectivity index (χ1) is 10.3. The van der Waals surface area contributed by atoms with Crippen LogP contribution in [-0.4, -0.2) is 29.2 Å². The molecule has 1 heterocycles. The Morgan fingerprint density at radius 1 is 1.00 bits per heavy atom. The zero-order valence-electron chi connectivity index (χ0n) is 13.2. The van der Waals surface area contributed by atoms with Gasteiger partial charge in [-0.25, -0.2) is 0 Å². The van der Waals surface area contributed by atoms with Crippen molar-refractivity contribution < 1.29 is 9.59 Å². The van der Waals surface area contributed by atoms with Gasteiger partial charge in [-0.05, 0) is 38.0 Å². The molecule has 2 unspecified atom stereocenters. The Kier molecular flexibility index (Phi) is 4.97. The molecule has 1 amide bonds. The van der Waals surface area contributed by atoms with E-state index in [0.29, 0.717) is 18.1 Å². The second-order valence-corrected chi connectivity index (χ2v) is 7.30. The van der Waals surface area contributed by atoms with E-state index in [4.69, 9.17) is 0 Å². The molecule has 118 valence electrons. The Hall–Kier alpha value is -0.860. The van der Waals surface area contributed by atoms with Gasteiger partial charge in [0.25, 0.3) is 0 Å². The first-order valence-corrected chi connectivity index (χ1v) is 9.08. The molecule has 2 saturated carbocycles. The van der Waals surface area contributed by atoms with Crippen LogP contribution in [0.4, 0.5) is 0 Å². The van der Waals surface area contributed by atoms with Crippen LogP contribution in [0.1, 0.15) is 77.0 Å². The molecule has 0 radical (unpaired) electrons. The number of likely N-dealkylation sites (tertiary alicyclic amines) is 1. The van der Waals surface area contributed by atoms with Crippen LogP contribution in [0, 0.1) is 11.8 Å². The van der Waals surface area contributed by atoms with Crippen LogP contribution in [0.25, 0.3) is 0 Å². The van der Waals surface area contributed by atoms with Crippen molar-refractivity contribution in [1.82, 2.24) is 4.90 Å². The molecule has 3 fully saturated rings. The largest absolute Gasteiger partial charge is 0.339 e. The lowest BCUT2D eigenvalue weighted by atomic mass is 9.86. The number of hydrogen-bond donors (Lipinski definition) is 0. The molecule has 1 aliphatic heterocycles. The van der Waals surface area contributed by atoms with Crippen LogP contribution >= 0.6 is 0 Å². The van der Waals surface area contributed by atoms with Crippen molar-refractivity contribution in [2.75, 3.05) is 6.54 Å². The summed E-state index contributed by atoms with van der Waals surface area (Å²) < 4.78 is 0. The van der Waals surface area contributed by atoms with Crippen molar-refractivity contribution in [2.24, 2.45) is 11.8 Å². The number of amides is 1. The fraction of sp³-hybridized carbons (Fsp3) is 0.889. The minimum absolute atomic E-state index is 0.158. The maximum absolute atomic E-state index is 12.6. The fourth-order valence-electron chi connectivity index (χ4n) is 4.72. The molecule has 3 aliphatic rings. The Morgan fingerprint density at radius 3 is 2.52 bits per heavy atom. The van der Waals surface area contributed by atoms with Gasteiger partial charge in [-0.3, -0.25) is 9.59 Å². The zero-order valence-corrected chi connectivity index (χ0v) is 13.2. The molecular weight excluding hydrogens is 262 g/mol. The predicted octanol–water partition coefficient (Wildman–Crippen LogP) is 3.71. The molecule has 0 aromatic heterocycles. The van der Waals surface area contributed by atoms with Crippen molar-refractivity contribution in [3.05, 3.63) is 0 Å². The number of rotatable bonds is 4. The third-order valence-electron chi connectivity index (χ3n) is 5.93. The Bertz CT molecular complexity index is 387. The summed E-state index contributed by atoms with van der Waals surface area (Å²) in [5.74, 6) is 1.66. The molecule has 3 heteroatoms. The number of Topliss-reactive ketones (excluding diaryl/α,β-unsaturated/α-hetero) is 1. The van der Waals surface area contributed by atoms with Crippen LogP contribution in [0.15, 0.2) is 0 Å². The number of carbonyl (C=O) groups excluding carboxylic acids is 2. The molecule has 1 saturated heterocycles. The smallest absolute Gasteiger partial charge is 0.222 e. The highest BCUT2D eigenvalue weighted by Crippen LogP contribution is 2.34. The van der Waals surface area contributed by atoms with Crippen molar-refractivity contribution in [3.8, 4) is 0 Å². The van der Waals surface area contributed by atoms with E-state index < -0.39 is 0 Å². The lowest BCUT2D eigenvalue weighted by molar-refractivity contribution is -0.134. The minimum Gasteiger partial charge on any atom is -0.339 e. The van der Waals surface area contributed by atoms with Crippen molar-refractivity contribution in [2.45, 2.75) is 83.1 Å². The van der Waals surface area contributed by atoms with Crippen LogP contribution in [-0.2, 0) is 9.59 Å². The van der Waals surface area contributed by atoms with E-state index in [1.165, 1.54) is 32.1 Å². The van der Waals surface area contributed by atoms with Crippen LogP contribution in [0.3, 0.4) is 0 Å². The highest BCUT2D eigenvalue weighted by Gasteiger charge is 2.39. The monoisotopic (exact) mass is 291 g/mol. The standard InChI is InChI=1S/C18H29NO2/c20-17-10-4-8-15(17)16-9-5-13-19(16)18(21)12-11-14-6-2-1-3-7-14/h14-16H,1-13H2. The van der Waals surface area contributed by atoms with E-state index in [9.17, 15) is 9.59 Å². The van der Waals surface area contributed by atoms with Crippen molar-refractivity contribution >= 4 is 11.7 Å². The topological polar surface area (TPSA) is 37.4 Å². The van der Waals surface area contributed by atoms with Gasteiger partial charge < -0.3 is 4.90 Å². The number of ketones is 1. The molecule has 21 heavy (non-hydrogen) atoms. The maximum atomic E-state index is 12.6. The first-order valence-electron chi connectivity index (χ1n) is 9.08. The van der Waals surface area contributed by atoms with Gasteiger partial charge in [0.2, 0.25) is 5.91 Å². The summed E-state index contributed by atoms with van der Waals surface area (Å²) in [7, 11) is 0. The zero-order chi connectivity index (χ0) is 14.7. The van der Waals surface area contributed by atoms with Gasteiger partial charge in [0.15, 0.2) is 0 Å². The molecule has 3 nitrogen and oxygen atoms in total.